The Bertz CT molecular complexity index is 3050. The van der Waals surface area contributed by atoms with Crippen LogP contribution in [0.1, 0.15) is 126 Å². The lowest BCUT2D eigenvalue weighted by molar-refractivity contribution is -0.153. The van der Waals surface area contributed by atoms with Crippen molar-refractivity contribution in [2.45, 2.75) is 200 Å². The second kappa shape index (κ2) is 36.6. The molecular formula is C69H107N13O14. The molecule has 13 amide bonds. The van der Waals surface area contributed by atoms with Crippen molar-refractivity contribution in [3.05, 3.63) is 71.8 Å². The number of amides is 13. The number of hydrogen-bond acceptors (Lipinski definition) is 14. The quantitative estimate of drug-likeness (QED) is 0.153. The first-order valence-corrected chi connectivity index (χ1v) is 33.3. The second-order valence-electron chi connectivity index (χ2n) is 27.0. The fraction of sp³-hybridized carbons (Fsp3) is 0.638. The van der Waals surface area contributed by atoms with Crippen LogP contribution in [-0.2, 0) is 75.2 Å². The molecule has 2 aromatic rings. The third kappa shape index (κ3) is 21.5. The molecule has 0 radical (unpaired) electrons. The number of benzene rings is 2. The normalized spacial score (nSPS) is 25.0. The molecular weight excluding hydrogens is 1230 g/mol. The molecule has 2 saturated heterocycles. The van der Waals surface area contributed by atoms with Crippen LogP contribution in [0.25, 0.3) is 0 Å². The van der Waals surface area contributed by atoms with Crippen LogP contribution in [0.3, 0.4) is 0 Å². The highest BCUT2D eigenvalue weighted by Gasteiger charge is 2.43. The predicted molar refractivity (Wildman–Crippen MR) is 360 cm³/mol. The lowest BCUT2D eigenvalue weighted by Gasteiger charge is -2.37. The Morgan fingerprint density at radius 2 is 1.08 bits per heavy atom. The van der Waals surface area contributed by atoms with Gasteiger partial charge >= 0.3 is 0 Å². The summed E-state index contributed by atoms with van der Waals surface area (Å²) >= 11 is 0. The average Bonchev–Trinajstić information content (AvgIpc) is 0.846. The third-order valence-electron chi connectivity index (χ3n) is 18.5. The van der Waals surface area contributed by atoms with Crippen molar-refractivity contribution in [3.63, 3.8) is 0 Å². The van der Waals surface area contributed by atoms with E-state index in [0.29, 0.717) is 24.2 Å². The zero-order valence-corrected chi connectivity index (χ0v) is 59.5. The summed E-state index contributed by atoms with van der Waals surface area (Å²) in [6.07, 6.45) is -0.144. The molecule has 2 fully saturated rings. The van der Waals surface area contributed by atoms with Crippen molar-refractivity contribution in [2.24, 2.45) is 17.8 Å². The number of likely N-dealkylation sites (tertiary alicyclic amines) is 1. The highest BCUT2D eigenvalue weighted by atomic mass is 16.3. The summed E-state index contributed by atoms with van der Waals surface area (Å²) in [5.74, 6) is -11.1. The monoisotopic (exact) mass is 1340 g/mol. The van der Waals surface area contributed by atoms with Crippen LogP contribution >= 0.6 is 0 Å². The molecule has 27 nitrogen and oxygen atoms in total. The standard InChI is InChI=1S/C69H107N13O14/c1-40(2)36-53-67(94)76(13)45(9)60(87)73-56(41(3)4)63(90)72-51(66(93)79(16)52(38-49-30-24-20-25-31-49)62(89)70-43(7)64(91)82-33-26-21-27-34-82)39-55(85)75(12)35-32-54(84)81(18)58(42(5)6)69(96)77(14)44(8)59(86)71-50(37-48-28-22-19-23-29-48)61(88)74-57(47(11)83)68(95)78(15)46(10)65(92)80(53)17/h19-20,22-25,28-31,40-47,50-53,56-58,83H,21,26-27,32-39H2,1-18H3,(H,70,89)(H,71,86)(H,72,90)(H,73,87)(H,74,88)/t43-,44-,45-,46-,47+,50-,51-,52-,53-,56-,57-,58-/m0/s1. The molecule has 532 valence electrons. The summed E-state index contributed by atoms with van der Waals surface area (Å²) in [5, 5.41) is 24.6. The van der Waals surface area contributed by atoms with Gasteiger partial charge in [0.1, 0.15) is 66.5 Å². The highest BCUT2D eigenvalue weighted by molar-refractivity contribution is 6.00. The zero-order valence-electron chi connectivity index (χ0n) is 59.5. The van der Waals surface area contributed by atoms with E-state index in [-0.39, 0.29) is 44.1 Å². The maximum absolute atomic E-state index is 15.2. The second-order valence-corrected chi connectivity index (χ2v) is 27.0. The van der Waals surface area contributed by atoms with E-state index in [9.17, 15) is 62.6 Å². The number of likely N-dealkylation sites (N-methyl/N-ethyl adjacent to an activating group) is 6. The predicted octanol–water partition coefficient (Wildman–Crippen LogP) is 0.941. The summed E-state index contributed by atoms with van der Waals surface area (Å²) < 4.78 is 0. The molecule has 96 heavy (non-hydrogen) atoms. The fourth-order valence-corrected chi connectivity index (χ4v) is 11.7. The molecule has 0 unspecified atom stereocenters. The minimum absolute atomic E-state index is 0.0592. The molecule has 2 heterocycles. The van der Waals surface area contributed by atoms with Gasteiger partial charge in [0, 0.05) is 88.2 Å². The van der Waals surface area contributed by atoms with Gasteiger partial charge in [0.15, 0.2) is 0 Å². The molecule has 0 saturated carbocycles. The smallest absolute Gasteiger partial charge is 0.248 e. The first-order valence-electron chi connectivity index (χ1n) is 33.3. The molecule has 0 aromatic heterocycles. The minimum Gasteiger partial charge on any atom is -0.391 e. The number of hydrogen-bond donors (Lipinski definition) is 6. The van der Waals surface area contributed by atoms with Crippen molar-refractivity contribution in [1.29, 1.82) is 0 Å². The average molecular weight is 1340 g/mol. The number of carbonyl (C=O) groups excluding carboxylic acids is 13. The Kier molecular flexibility index (Phi) is 30.5. The molecule has 0 bridgehead atoms. The Morgan fingerprint density at radius 3 is 1.61 bits per heavy atom. The Morgan fingerprint density at radius 1 is 0.562 bits per heavy atom. The van der Waals surface area contributed by atoms with Crippen LogP contribution in [-0.4, -0.2) is 263 Å². The van der Waals surface area contributed by atoms with E-state index >= 15 is 4.79 Å². The summed E-state index contributed by atoms with van der Waals surface area (Å²) in [4.78, 5) is 198. The number of aliphatic hydroxyl groups excluding tert-OH is 1. The van der Waals surface area contributed by atoms with Gasteiger partial charge in [-0.2, -0.15) is 0 Å². The van der Waals surface area contributed by atoms with Gasteiger partial charge in [0.2, 0.25) is 76.8 Å². The van der Waals surface area contributed by atoms with Gasteiger partial charge < -0.3 is 70.9 Å². The van der Waals surface area contributed by atoms with Crippen LogP contribution in [0, 0.1) is 17.8 Å². The molecule has 2 aromatic carbocycles. The molecule has 0 spiro atoms. The van der Waals surface area contributed by atoms with Crippen LogP contribution in [0.5, 0.6) is 0 Å². The first-order chi connectivity index (χ1) is 44.9. The Labute approximate surface area is 566 Å². The van der Waals surface area contributed by atoms with E-state index < -0.39 is 162 Å². The number of rotatable bonds is 14. The molecule has 12 atom stereocenters. The molecule has 0 aliphatic carbocycles. The van der Waals surface area contributed by atoms with Gasteiger partial charge in [-0.05, 0) is 89.2 Å². The van der Waals surface area contributed by atoms with Gasteiger partial charge in [0.25, 0.3) is 0 Å². The van der Waals surface area contributed by atoms with E-state index in [1.54, 1.807) is 100 Å². The van der Waals surface area contributed by atoms with Gasteiger partial charge in [-0.3, -0.25) is 62.3 Å². The summed E-state index contributed by atoms with van der Waals surface area (Å²) in [5.41, 5.74) is 1.24. The number of carbonyl (C=O) groups is 13. The van der Waals surface area contributed by atoms with Crippen molar-refractivity contribution in [3.8, 4) is 0 Å². The van der Waals surface area contributed by atoms with Crippen LogP contribution < -0.4 is 26.6 Å². The van der Waals surface area contributed by atoms with Crippen LogP contribution in [0.4, 0.5) is 0 Å². The van der Waals surface area contributed by atoms with E-state index in [1.165, 1.54) is 86.8 Å². The Hall–Kier alpha value is -8.49. The van der Waals surface area contributed by atoms with Gasteiger partial charge in [-0.25, -0.2) is 0 Å². The van der Waals surface area contributed by atoms with Crippen molar-refractivity contribution in [2.75, 3.05) is 69.0 Å². The summed E-state index contributed by atoms with van der Waals surface area (Å²) in [7, 11) is 9.49. The fourth-order valence-electron chi connectivity index (χ4n) is 11.7. The number of nitrogens with one attached hydrogen (secondary N) is 5. The van der Waals surface area contributed by atoms with Crippen molar-refractivity contribution in [1.82, 2.24) is 65.8 Å². The van der Waals surface area contributed by atoms with Crippen molar-refractivity contribution < 1.29 is 67.4 Å². The minimum atomic E-state index is -1.73. The topological polar surface area (TPSA) is 328 Å². The maximum Gasteiger partial charge on any atom is 0.248 e. The lowest BCUT2D eigenvalue weighted by atomic mass is 9.99. The van der Waals surface area contributed by atoms with Gasteiger partial charge in [-0.15, -0.1) is 0 Å². The van der Waals surface area contributed by atoms with Crippen LogP contribution in [0.15, 0.2) is 60.7 Å². The van der Waals surface area contributed by atoms with Crippen molar-refractivity contribution >= 4 is 76.8 Å². The van der Waals surface area contributed by atoms with E-state index in [4.69, 9.17) is 0 Å². The molecule has 2 aliphatic heterocycles. The number of piperidine rings is 1. The molecule has 6 N–H and O–H groups in total. The van der Waals surface area contributed by atoms with E-state index in [1.807, 2.05) is 13.8 Å². The molecule has 27 heteroatoms. The maximum atomic E-state index is 15.2. The van der Waals surface area contributed by atoms with Crippen LogP contribution in [0.2, 0.25) is 0 Å². The Balaban J connectivity index is 1.84. The largest absolute Gasteiger partial charge is 0.391 e. The first kappa shape index (κ1) is 79.9. The van der Waals surface area contributed by atoms with Gasteiger partial charge in [-0.1, -0.05) is 102 Å². The highest BCUT2D eigenvalue weighted by Crippen LogP contribution is 2.21. The SMILES string of the molecule is CC(C)C[C@H]1C(=O)N(C)[C@@H](C)C(=O)N[C@@H](C(C)C)C(=O)N[C@H](C(=O)N(C)[C@@H](Cc2ccccc2)C(=O)N[C@@H](C)C(=O)N2CCCCC2)CC(=O)N(C)CCC(=O)N(C)[C@@H](C(C)C)C(=O)N(C)[C@@H](C)C(=O)N[C@@H](Cc2ccccc2)C(=O)N[C@@H]([C@@H](C)O)C(=O)N(C)[C@@H](C)C(=O)N1C. The zero-order chi connectivity index (χ0) is 72.3. The van der Waals surface area contributed by atoms with E-state index in [0.717, 1.165) is 43.8 Å². The lowest BCUT2D eigenvalue weighted by Crippen LogP contribution is -2.62. The molecule has 4 rings (SSSR count). The van der Waals surface area contributed by atoms with E-state index in [2.05, 4.69) is 26.6 Å². The number of aliphatic hydroxyl groups is 1. The number of nitrogens with zero attached hydrogens (tertiary/aromatic N) is 8. The summed E-state index contributed by atoms with van der Waals surface area (Å²) in [6.45, 7) is 18.1. The third-order valence-corrected chi connectivity index (χ3v) is 18.5. The summed E-state index contributed by atoms with van der Waals surface area (Å²) in [6, 6.07) is 2.57. The molecule has 2 aliphatic rings. The van der Waals surface area contributed by atoms with Gasteiger partial charge in [0.05, 0.1) is 12.5 Å².